The fourth-order valence-electron chi connectivity index (χ4n) is 2.10. The van der Waals surface area contributed by atoms with Gasteiger partial charge in [0.2, 0.25) is 0 Å². The van der Waals surface area contributed by atoms with Gasteiger partial charge < -0.3 is 9.64 Å². The van der Waals surface area contributed by atoms with Crippen LogP contribution in [0.2, 0.25) is 0 Å². The SMILES string of the molecule is CN(CCCC(=O)c1cccs1)C1CCOC1. The Morgan fingerprint density at radius 2 is 2.53 bits per heavy atom. The first kappa shape index (κ1) is 12.7. The molecule has 1 aliphatic heterocycles. The first-order chi connectivity index (χ1) is 8.27. The second-order valence-electron chi connectivity index (χ2n) is 4.50. The lowest BCUT2D eigenvalue weighted by molar-refractivity contribution is 0.0976. The Hall–Kier alpha value is -0.710. The lowest BCUT2D eigenvalue weighted by Crippen LogP contribution is -2.32. The maximum Gasteiger partial charge on any atom is 0.172 e. The molecule has 94 valence electrons. The van der Waals surface area contributed by atoms with Crippen LogP contribution in [0.25, 0.3) is 0 Å². The number of carbonyl (C=O) groups excluding carboxylic acids is 1. The number of ketones is 1. The average Bonchev–Trinajstić information content (AvgIpc) is 3.02. The van der Waals surface area contributed by atoms with Gasteiger partial charge in [-0.1, -0.05) is 6.07 Å². The van der Waals surface area contributed by atoms with Crippen LogP contribution in [0.4, 0.5) is 0 Å². The molecular formula is C13H19NO2S. The highest BCUT2D eigenvalue weighted by molar-refractivity contribution is 7.12. The van der Waals surface area contributed by atoms with E-state index in [9.17, 15) is 4.79 Å². The van der Waals surface area contributed by atoms with Crippen molar-refractivity contribution in [3.05, 3.63) is 22.4 Å². The summed E-state index contributed by atoms with van der Waals surface area (Å²) in [6.45, 7) is 2.70. The van der Waals surface area contributed by atoms with Crippen LogP contribution in [-0.4, -0.2) is 43.5 Å². The smallest absolute Gasteiger partial charge is 0.172 e. The number of nitrogens with zero attached hydrogens (tertiary/aromatic N) is 1. The third-order valence-corrected chi connectivity index (χ3v) is 4.15. The summed E-state index contributed by atoms with van der Waals surface area (Å²) in [6.07, 6.45) is 2.71. The minimum absolute atomic E-state index is 0.274. The molecule has 0 bridgehead atoms. The summed E-state index contributed by atoms with van der Waals surface area (Å²) in [7, 11) is 2.12. The zero-order chi connectivity index (χ0) is 12.1. The summed E-state index contributed by atoms with van der Waals surface area (Å²) in [5.74, 6) is 0.274. The monoisotopic (exact) mass is 253 g/mol. The van der Waals surface area contributed by atoms with E-state index in [0.29, 0.717) is 12.5 Å². The molecule has 0 aromatic carbocycles. The standard InChI is InChI=1S/C13H19NO2S/c1-14(11-6-8-16-10-11)7-2-4-12(15)13-5-3-9-17-13/h3,5,9,11H,2,4,6-8,10H2,1H3. The van der Waals surface area contributed by atoms with Crippen molar-refractivity contribution in [3.8, 4) is 0 Å². The van der Waals surface area contributed by atoms with Gasteiger partial charge >= 0.3 is 0 Å². The maximum absolute atomic E-state index is 11.8. The second kappa shape index (κ2) is 6.28. The molecule has 0 radical (unpaired) electrons. The van der Waals surface area contributed by atoms with Crippen LogP contribution in [0.5, 0.6) is 0 Å². The number of rotatable bonds is 6. The Morgan fingerprint density at radius 3 is 3.18 bits per heavy atom. The van der Waals surface area contributed by atoms with Crippen LogP contribution >= 0.6 is 11.3 Å². The van der Waals surface area contributed by atoms with Crippen molar-refractivity contribution in [1.29, 1.82) is 0 Å². The highest BCUT2D eigenvalue weighted by Gasteiger charge is 2.19. The number of thiophene rings is 1. The average molecular weight is 253 g/mol. The summed E-state index contributed by atoms with van der Waals surface area (Å²) in [6, 6.07) is 4.38. The van der Waals surface area contributed by atoms with Gasteiger partial charge in [-0.15, -0.1) is 11.3 Å². The molecule has 1 unspecified atom stereocenters. The minimum Gasteiger partial charge on any atom is -0.380 e. The van der Waals surface area contributed by atoms with E-state index in [0.717, 1.165) is 37.5 Å². The highest BCUT2D eigenvalue weighted by Crippen LogP contribution is 2.14. The van der Waals surface area contributed by atoms with E-state index in [-0.39, 0.29) is 5.78 Å². The van der Waals surface area contributed by atoms with Crippen LogP contribution in [-0.2, 0) is 4.74 Å². The first-order valence-corrected chi connectivity index (χ1v) is 7.00. The second-order valence-corrected chi connectivity index (χ2v) is 5.45. The summed E-state index contributed by atoms with van der Waals surface area (Å²) in [5.41, 5.74) is 0. The van der Waals surface area contributed by atoms with E-state index in [1.165, 1.54) is 11.3 Å². The predicted octanol–water partition coefficient (Wildman–Crippen LogP) is 2.43. The molecule has 0 aliphatic carbocycles. The summed E-state index contributed by atoms with van der Waals surface area (Å²) >= 11 is 1.53. The Kier molecular flexibility index (Phi) is 4.71. The molecule has 1 saturated heterocycles. The molecule has 1 aromatic heterocycles. The zero-order valence-electron chi connectivity index (χ0n) is 10.2. The number of likely N-dealkylation sites (N-methyl/N-ethyl adjacent to an activating group) is 1. The van der Waals surface area contributed by atoms with Crippen LogP contribution in [0.3, 0.4) is 0 Å². The minimum atomic E-state index is 0.274. The first-order valence-electron chi connectivity index (χ1n) is 6.12. The summed E-state index contributed by atoms with van der Waals surface area (Å²) < 4.78 is 5.36. The van der Waals surface area contributed by atoms with Gasteiger partial charge in [-0.05, 0) is 37.9 Å². The molecule has 17 heavy (non-hydrogen) atoms. The van der Waals surface area contributed by atoms with E-state index in [1.807, 2.05) is 17.5 Å². The largest absolute Gasteiger partial charge is 0.380 e. The summed E-state index contributed by atoms with van der Waals surface area (Å²) in [5, 5.41) is 1.95. The Morgan fingerprint density at radius 1 is 1.65 bits per heavy atom. The van der Waals surface area contributed by atoms with Crippen LogP contribution < -0.4 is 0 Å². The Balaban J connectivity index is 1.67. The molecule has 4 heteroatoms. The third-order valence-electron chi connectivity index (χ3n) is 3.24. The molecule has 0 N–H and O–H groups in total. The predicted molar refractivity (Wildman–Crippen MR) is 69.7 cm³/mol. The molecule has 0 spiro atoms. The zero-order valence-corrected chi connectivity index (χ0v) is 11.0. The van der Waals surface area contributed by atoms with Crippen LogP contribution in [0.15, 0.2) is 17.5 Å². The van der Waals surface area contributed by atoms with E-state index in [4.69, 9.17) is 4.74 Å². The Labute approximate surface area is 106 Å². The molecule has 1 atom stereocenters. The molecule has 1 aromatic rings. The Bertz CT molecular complexity index is 344. The number of hydrogen-bond donors (Lipinski definition) is 0. The van der Waals surface area contributed by atoms with Crippen LogP contribution in [0, 0.1) is 0 Å². The number of carbonyl (C=O) groups is 1. The molecule has 0 saturated carbocycles. The molecule has 2 rings (SSSR count). The van der Waals surface area contributed by atoms with Crippen LogP contribution in [0.1, 0.15) is 28.9 Å². The van der Waals surface area contributed by atoms with E-state index < -0.39 is 0 Å². The quantitative estimate of drug-likeness (QED) is 0.729. The summed E-state index contributed by atoms with van der Waals surface area (Å²) in [4.78, 5) is 15.0. The van der Waals surface area contributed by atoms with Gasteiger partial charge in [0.25, 0.3) is 0 Å². The number of hydrogen-bond acceptors (Lipinski definition) is 4. The number of ether oxygens (including phenoxy) is 1. The van der Waals surface area contributed by atoms with E-state index in [2.05, 4.69) is 11.9 Å². The fraction of sp³-hybridized carbons (Fsp3) is 0.615. The van der Waals surface area contributed by atoms with Crippen molar-refractivity contribution in [2.75, 3.05) is 26.8 Å². The van der Waals surface area contributed by atoms with Gasteiger partial charge in [0.05, 0.1) is 11.5 Å². The molecule has 3 nitrogen and oxygen atoms in total. The van der Waals surface area contributed by atoms with Crippen molar-refractivity contribution < 1.29 is 9.53 Å². The van der Waals surface area contributed by atoms with Gasteiger partial charge in [-0.2, -0.15) is 0 Å². The topological polar surface area (TPSA) is 29.5 Å². The van der Waals surface area contributed by atoms with Gasteiger partial charge in [0, 0.05) is 19.1 Å². The van der Waals surface area contributed by atoms with Gasteiger partial charge in [-0.3, -0.25) is 4.79 Å². The maximum atomic E-state index is 11.8. The van der Waals surface area contributed by atoms with Crippen molar-refractivity contribution in [2.24, 2.45) is 0 Å². The van der Waals surface area contributed by atoms with E-state index in [1.54, 1.807) is 0 Å². The molecule has 2 heterocycles. The van der Waals surface area contributed by atoms with Gasteiger partial charge in [0.15, 0.2) is 5.78 Å². The van der Waals surface area contributed by atoms with E-state index >= 15 is 0 Å². The number of Topliss-reactive ketones (excluding diaryl/α,β-unsaturated/α-hetero) is 1. The van der Waals surface area contributed by atoms with Crippen molar-refractivity contribution >= 4 is 17.1 Å². The normalized spacial score (nSPS) is 20.0. The van der Waals surface area contributed by atoms with Crippen molar-refractivity contribution in [2.45, 2.75) is 25.3 Å². The lowest BCUT2D eigenvalue weighted by atomic mass is 10.1. The third kappa shape index (κ3) is 3.63. The van der Waals surface area contributed by atoms with Crippen molar-refractivity contribution in [3.63, 3.8) is 0 Å². The van der Waals surface area contributed by atoms with Gasteiger partial charge in [-0.25, -0.2) is 0 Å². The molecule has 1 fully saturated rings. The highest BCUT2D eigenvalue weighted by atomic mass is 32.1. The molecular weight excluding hydrogens is 234 g/mol. The van der Waals surface area contributed by atoms with Gasteiger partial charge in [0.1, 0.15) is 0 Å². The lowest BCUT2D eigenvalue weighted by Gasteiger charge is -2.22. The molecule has 1 aliphatic rings. The fourth-order valence-corrected chi connectivity index (χ4v) is 2.80. The van der Waals surface area contributed by atoms with Crippen molar-refractivity contribution in [1.82, 2.24) is 4.90 Å². The molecule has 0 amide bonds.